The molecule has 0 radical (unpaired) electrons. The molecule has 0 unspecified atom stereocenters. The summed E-state index contributed by atoms with van der Waals surface area (Å²) in [5.41, 5.74) is 1.48. The molecule has 0 aromatic heterocycles. The largest absolute Gasteiger partial charge is 0.497 e. The van der Waals surface area contributed by atoms with E-state index in [0.717, 1.165) is 49.3 Å². The standard InChI is InChI=1S/C24H31N3O5S/c1-31-19-10-11-23(32-2)21(16-19)22-9-6-12-26(22)17-24(28)25-18-7-5-8-20(15-18)33(29,30)27-13-3-4-14-27/h5,7-8,10-11,15-16,22H,3-4,6,9,12-14,17H2,1-2H3,(H,25,28)/t22-/m1/s1. The van der Waals surface area contributed by atoms with Crippen LogP contribution in [0.2, 0.25) is 0 Å². The molecule has 2 aliphatic rings. The minimum atomic E-state index is -3.53. The van der Waals surface area contributed by atoms with Crippen molar-refractivity contribution < 1.29 is 22.7 Å². The van der Waals surface area contributed by atoms with E-state index in [4.69, 9.17) is 9.47 Å². The van der Waals surface area contributed by atoms with E-state index in [-0.39, 0.29) is 23.4 Å². The molecule has 9 heteroatoms. The Morgan fingerprint density at radius 3 is 2.55 bits per heavy atom. The van der Waals surface area contributed by atoms with Gasteiger partial charge in [0.15, 0.2) is 0 Å². The number of nitrogens with one attached hydrogen (secondary N) is 1. The van der Waals surface area contributed by atoms with Crippen molar-refractivity contribution in [2.75, 3.05) is 45.7 Å². The van der Waals surface area contributed by atoms with Gasteiger partial charge >= 0.3 is 0 Å². The van der Waals surface area contributed by atoms with Crippen molar-refractivity contribution >= 4 is 21.6 Å². The van der Waals surface area contributed by atoms with Crippen molar-refractivity contribution in [2.45, 2.75) is 36.6 Å². The van der Waals surface area contributed by atoms with E-state index in [2.05, 4.69) is 10.2 Å². The fourth-order valence-electron chi connectivity index (χ4n) is 4.66. The van der Waals surface area contributed by atoms with E-state index in [9.17, 15) is 13.2 Å². The molecule has 1 atom stereocenters. The first-order chi connectivity index (χ1) is 15.9. The molecule has 2 saturated heterocycles. The number of nitrogens with zero attached hydrogens (tertiary/aromatic N) is 2. The van der Waals surface area contributed by atoms with Gasteiger partial charge in [-0.2, -0.15) is 4.31 Å². The summed E-state index contributed by atoms with van der Waals surface area (Å²) in [7, 11) is -0.265. The van der Waals surface area contributed by atoms with E-state index in [1.165, 1.54) is 10.4 Å². The van der Waals surface area contributed by atoms with Gasteiger partial charge in [-0.3, -0.25) is 9.69 Å². The Labute approximate surface area is 195 Å². The third-order valence-electron chi connectivity index (χ3n) is 6.33. The summed E-state index contributed by atoms with van der Waals surface area (Å²) in [6, 6.07) is 12.3. The number of anilines is 1. The molecule has 2 heterocycles. The lowest BCUT2D eigenvalue weighted by Crippen LogP contribution is -2.33. The van der Waals surface area contributed by atoms with Gasteiger partial charge in [0.2, 0.25) is 15.9 Å². The molecular formula is C24H31N3O5S. The molecular weight excluding hydrogens is 442 g/mol. The molecule has 8 nitrogen and oxygen atoms in total. The van der Waals surface area contributed by atoms with Crippen molar-refractivity contribution in [3.8, 4) is 11.5 Å². The number of carbonyl (C=O) groups is 1. The first-order valence-electron chi connectivity index (χ1n) is 11.3. The van der Waals surface area contributed by atoms with Crippen LogP contribution in [0.1, 0.15) is 37.3 Å². The number of hydrogen-bond acceptors (Lipinski definition) is 6. The number of likely N-dealkylation sites (tertiary alicyclic amines) is 1. The van der Waals surface area contributed by atoms with Crippen LogP contribution in [0, 0.1) is 0 Å². The average molecular weight is 474 g/mol. The smallest absolute Gasteiger partial charge is 0.243 e. The minimum Gasteiger partial charge on any atom is -0.497 e. The Kier molecular flexibility index (Phi) is 7.21. The van der Waals surface area contributed by atoms with Crippen LogP contribution in [0.3, 0.4) is 0 Å². The van der Waals surface area contributed by atoms with Crippen LogP contribution < -0.4 is 14.8 Å². The molecule has 4 rings (SSSR count). The molecule has 33 heavy (non-hydrogen) atoms. The van der Waals surface area contributed by atoms with E-state index in [0.29, 0.717) is 18.8 Å². The normalized spacial score (nSPS) is 19.5. The molecule has 0 aliphatic carbocycles. The van der Waals surface area contributed by atoms with Gasteiger partial charge in [0.25, 0.3) is 0 Å². The number of benzene rings is 2. The fourth-order valence-corrected chi connectivity index (χ4v) is 6.23. The van der Waals surface area contributed by atoms with E-state index < -0.39 is 10.0 Å². The predicted molar refractivity (Wildman–Crippen MR) is 126 cm³/mol. The number of hydrogen-bond donors (Lipinski definition) is 1. The summed E-state index contributed by atoms with van der Waals surface area (Å²) in [4.78, 5) is 15.2. The molecule has 2 aliphatic heterocycles. The second-order valence-corrected chi connectivity index (χ2v) is 10.4. The Morgan fingerprint density at radius 2 is 1.82 bits per heavy atom. The molecule has 1 amide bonds. The highest BCUT2D eigenvalue weighted by Gasteiger charge is 2.31. The van der Waals surface area contributed by atoms with Crippen LogP contribution >= 0.6 is 0 Å². The summed E-state index contributed by atoms with van der Waals surface area (Å²) in [6.45, 7) is 2.09. The molecule has 2 aromatic carbocycles. The maximum atomic E-state index is 12.9. The highest BCUT2D eigenvalue weighted by Crippen LogP contribution is 2.38. The molecule has 2 fully saturated rings. The Hall–Kier alpha value is -2.62. The van der Waals surface area contributed by atoms with Gasteiger partial charge in [0, 0.05) is 30.4 Å². The van der Waals surface area contributed by atoms with Crippen LogP contribution in [0.4, 0.5) is 5.69 Å². The molecule has 178 valence electrons. The minimum absolute atomic E-state index is 0.0441. The van der Waals surface area contributed by atoms with Gasteiger partial charge in [0.05, 0.1) is 25.7 Å². The maximum absolute atomic E-state index is 12.9. The van der Waals surface area contributed by atoms with Crippen LogP contribution in [-0.2, 0) is 14.8 Å². The van der Waals surface area contributed by atoms with Crippen molar-refractivity contribution in [3.05, 3.63) is 48.0 Å². The van der Waals surface area contributed by atoms with Gasteiger partial charge in [-0.15, -0.1) is 0 Å². The lowest BCUT2D eigenvalue weighted by molar-refractivity contribution is -0.117. The van der Waals surface area contributed by atoms with E-state index >= 15 is 0 Å². The zero-order valence-corrected chi connectivity index (χ0v) is 19.9. The number of rotatable bonds is 8. The highest BCUT2D eigenvalue weighted by molar-refractivity contribution is 7.89. The second-order valence-electron chi connectivity index (χ2n) is 8.42. The van der Waals surface area contributed by atoms with Gasteiger partial charge < -0.3 is 14.8 Å². The van der Waals surface area contributed by atoms with Crippen molar-refractivity contribution in [1.82, 2.24) is 9.21 Å². The maximum Gasteiger partial charge on any atom is 0.243 e. The van der Waals surface area contributed by atoms with E-state index in [1.54, 1.807) is 32.4 Å². The number of methoxy groups -OCH3 is 2. The third-order valence-corrected chi connectivity index (χ3v) is 8.22. The van der Waals surface area contributed by atoms with Gasteiger partial charge in [-0.1, -0.05) is 6.07 Å². The first-order valence-corrected chi connectivity index (χ1v) is 12.7. The Balaban J connectivity index is 1.46. The number of carbonyl (C=O) groups excluding carboxylic acids is 1. The SMILES string of the molecule is COc1ccc(OC)c([C@H]2CCCN2CC(=O)Nc2cccc(S(=O)(=O)N3CCCC3)c2)c1. The lowest BCUT2D eigenvalue weighted by Gasteiger charge is -2.26. The highest BCUT2D eigenvalue weighted by atomic mass is 32.2. The molecule has 2 aromatic rings. The van der Waals surface area contributed by atoms with Crippen LogP contribution in [0.15, 0.2) is 47.4 Å². The topological polar surface area (TPSA) is 88.2 Å². The van der Waals surface area contributed by atoms with Crippen LogP contribution in [0.25, 0.3) is 0 Å². The summed E-state index contributed by atoms with van der Waals surface area (Å²) in [5, 5.41) is 2.88. The quantitative estimate of drug-likeness (QED) is 0.633. The van der Waals surface area contributed by atoms with Gasteiger partial charge in [-0.05, 0) is 68.6 Å². The van der Waals surface area contributed by atoms with Crippen molar-refractivity contribution in [2.24, 2.45) is 0 Å². The average Bonchev–Trinajstić information content (AvgIpc) is 3.51. The Morgan fingerprint density at radius 1 is 1.03 bits per heavy atom. The monoisotopic (exact) mass is 473 g/mol. The predicted octanol–water partition coefficient (Wildman–Crippen LogP) is 3.26. The zero-order chi connectivity index (χ0) is 23.4. The summed E-state index contributed by atoms with van der Waals surface area (Å²) in [5.74, 6) is 1.34. The van der Waals surface area contributed by atoms with E-state index in [1.807, 2.05) is 18.2 Å². The number of sulfonamides is 1. The molecule has 1 N–H and O–H groups in total. The number of ether oxygens (including phenoxy) is 2. The molecule has 0 spiro atoms. The van der Waals surface area contributed by atoms with Crippen molar-refractivity contribution in [3.63, 3.8) is 0 Å². The Bertz CT molecular complexity index is 1100. The summed E-state index contributed by atoms with van der Waals surface area (Å²) >= 11 is 0. The first kappa shape index (κ1) is 23.5. The number of amides is 1. The van der Waals surface area contributed by atoms with Crippen LogP contribution in [-0.4, -0.2) is 63.9 Å². The zero-order valence-electron chi connectivity index (χ0n) is 19.1. The fraction of sp³-hybridized carbons (Fsp3) is 0.458. The van der Waals surface area contributed by atoms with Crippen molar-refractivity contribution in [1.29, 1.82) is 0 Å². The van der Waals surface area contributed by atoms with Crippen LogP contribution in [0.5, 0.6) is 11.5 Å². The third kappa shape index (κ3) is 5.15. The van der Waals surface area contributed by atoms with Gasteiger partial charge in [0.1, 0.15) is 11.5 Å². The second kappa shape index (κ2) is 10.1. The molecule has 0 bridgehead atoms. The summed E-state index contributed by atoms with van der Waals surface area (Å²) < 4.78 is 38.1. The molecule has 0 saturated carbocycles. The lowest BCUT2D eigenvalue weighted by atomic mass is 10.0. The summed E-state index contributed by atoms with van der Waals surface area (Å²) in [6.07, 6.45) is 3.65. The van der Waals surface area contributed by atoms with Gasteiger partial charge in [-0.25, -0.2) is 8.42 Å².